The number of nitrogens with zero attached hydrogens (tertiary/aromatic N) is 1. The van der Waals surface area contributed by atoms with Crippen molar-refractivity contribution < 1.29 is 23.9 Å². The molecule has 0 fully saturated rings. The highest BCUT2D eigenvalue weighted by atomic mass is 16.5. The number of rotatable bonds is 13. The number of hydrogen-bond donors (Lipinski definition) is 6. The summed E-state index contributed by atoms with van der Waals surface area (Å²) in [7, 11) is 0. The third-order valence-electron chi connectivity index (χ3n) is 5.38. The molecule has 2 aromatic carbocycles. The van der Waals surface area contributed by atoms with Gasteiger partial charge in [-0.15, -0.1) is 0 Å². The third-order valence-corrected chi connectivity index (χ3v) is 5.38. The van der Waals surface area contributed by atoms with E-state index in [9.17, 15) is 19.2 Å². The van der Waals surface area contributed by atoms with Crippen molar-refractivity contribution in [1.29, 1.82) is 5.41 Å². The lowest BCUT2D eigenvalue weighted by atomic mass is 10.0. The van der Waals surface area contributed by atoms with Crippen LogP contribution in [-0.4, -0.2) is 47.3 Å². The fourth-order valence-corrected chi connectivity index (χ4v) is 3.61. The van der Waals surface area contributed by atoms with Gasteiger partial charge in [0.15, 0.2) is 5.96 Å². The van der Waals surface area contributed by atoms with E-state index in [1.165, 1.54) is 11.8 Å². The molecule has 9 N–H and O–H groups in total. The Morgan fingerprint density at radius 3 is 2.05 bits per heavy atom. The van der Waals surface area contributed by atoms with Gasteiger partial charge in [0.2, 0.25) is 11.8 Å². The molecular formula is C25H33N7O5. The predicted octanol–water partition coefficient (Wildman–Crippen LogP) is 0.469. The standard InChI is InChI=1S/C25H33N7O5/c1-16(33)37-20-10-8-17(9-11-20)13-22(34)32(21(23(26)35)3-2-12-30-24(27)28)15-19-6-4-18(5-7-19)14-31-25(29)36/h4-11,21H,2-3,12-15H2,1H3,(H2,26,35)(H4,27,28,30)(H3,29,31,36)/t21-/m1/s1. The maximum absolute atomic E-state index is 13.4. The van der Waals surface area contributed by atoms with Gasteiger partial charge in [-0.2, -0.15) is 0 Å². The Hall–Kier alpha value is -4.61. The van der Waals surface area contributed by atoms with Crippen LogP contribution >= 0.6 is 0 Å². The van der Waals surface area contributed by atoms with Crippen molar-refractivity contribution in [2.75, 3.05) is 6.54 Å². The zero-order valence-electron chi connectivity index (χ0n) is 20.7. The normalized spacial score (nSPS) is 11.2. The molecule has 0 saturated carbocycles. The van der Waals surface area contributed by atoms with Gasteiger partial charge in [0, 0.05) is 26.6 Å². The number of ether oxygens (including phenoxy) is 1. The Kier molecular flexibility index (Phi) is 10.9. The molecule has 0 heterocycles. The van der Waals surface area contributed by atoms with Crippen molar-refractivity contribution >= 4 is 29.8 Å². The second kappa shape index (κ2) is 14.1. The van der Waals surface area contributed by atoms with Crippen LogP contribution in [0.15, 0.2) is 48.5 Å². The quantitative estimate of drug-likeness (QED) is 0.0735. The minimum absolute atomic E-state index is 0.00353. The molecule has 12 heteroatoms. The summed E-state index contributed by atoms with van der Waals surface area (Å²) in [5.41, 5.74) is 18.4. The van der Waals surface area contributed by atoms with Crippen LogP contribution in [-0.2, 0) is 33.9 Å². The Balaban J connectivity index is 2.22. The number of esters is 1. The second-order valence-corrected chi connectivity index (χ2v) is 8.37. The lowest BCUT2D eigenvalue weighted by molar-refractivity contribution is -0.139. The number of nitrogens with two attached hydrogens (primary N) is 3. The summed E-state index contributed by atoms with van der Waals surface area (Å²) in [6, 6.07) is 12.2. The number of carbonyl (C=O) groups is 4. The van der Waals surface area contributed by atoms with E-state index < -0.39 is 23.9 Å². The lowest BCUT2D eigenvalue weighted by Crippen LogP contribution is -2.48. The van der Waals surface area contributed by atoms with Crippen molar-refractivity contribution in [3.63, 3.8) is 0 Å². The summed E-state index contributed by atoms with van der Waals surface area (Å²) in [6.45, 7) is 2.03. The number of nitrogens with one attached hydrogen (secondary N) is 3. The summed E-state index contributed by atoms with van der Waals surface area (Å²) in [5.74, 6) is -1.24. The summed E-state index contributed by atoms with van der Waals surface area (Å²) < 4.78 is 5.03. The average molecular weight is 512 g/mol. The van der Waals surface area contributed by atoms with E-state index >= 15 is 0 Å². The maximum Gasteiger partial charge on any atom is 0.312 e. The molecule has 1 atom stereocenters. The number of guanidine groups is 1. The monoisotopic (exact) mass is 511 g/mol. The molecule has 2 rings (SSSR count). The SMILES string of the molecule is CC(=O)Oc1ccc(CC(=O)N(Cc2ccc(CNC(N)=O)cc2)[C@H](CCCNC(=N)N)C(N)=O)cc1. The second-order valence-electron chi connectivity index (χ2n) is 8.37. The van der Waals surface area contributed by atoms with Crippen LogP contribution in [0.2, 0.25) is 0 Å². The third kappa shape index (κ3) is 10.3. The lowest BCUT2D eigenvalue weighted by Gasteiger charge is -2.30. The van der Waals surface area contributed by atoms with Gasteiger partial charge in [0.05, 0.1) is 6.42 Å². The molecule has 0 aromatic heterocycles. The maximum atomic E-state index is 13.4. The summed E-state index contributed by atoms with van der Waals surface area (Å²) in [6.07, 6.45) is 0.718. The van der Waals surface area contributed by atoms with E-state index in [4.69, 9.17) is 27.3 Å². The Morgan fingerprint density at radius 1 is 0.919 bits per heavy atom. The Morgan fingerprint density at radius 2 is 1.51 bits per heavy atom. The molecule has 37 heavy (non-hydrogen) atoms. The average Bonchev–Trinajstić information content (AvgIpc) is 2.83. The first-order valence-corrected chi connectivity index (χ1v) is 11.6. The number of benzene rings is 2. The molecular weight excluding hydrogens is 478 g/mol. The zero-order chi connectivity index (χ0) is 27.4. The van der Waals surface area contributed by atoms with E-state index in [2.05, 4.69) is 10.6 Å². The topological polar surface area (TPSA) is 207 Å². The molecule has 0 radical (unpaired) electrons. The van der Waals surface area contributed by atoms with Gasteiger partial charge in [0.25, 0.3) is 0 Å². The molecule has 12 nitrogen and oxygen atoms in total. The molecule has 0 unspecified atom stereocenters. The van der Waals surface area contributed by atoms with Crippen LogP contribution in [0, 0.1) is 5.41 Å². The van der Waals surface area contributed by atoms with Crippen LogP contribution < -0.4 is 32.6 Å². The number of urea groups is 1. The fraction of sp³-hybridized carbons (Fsp3) is 0.320. The van der Waals surface area contributed by atoms with Gasteiger partial charge in [-0.1, -0.05) is 36.4 Å². The van der Waals surface area contributed by atoms with Gasteiger partial charge >= 0.3 is 12.0 Å². The van der Waals surface area contributed by atoms with Gasteiger partial charge in [0.1, 0.15) is 11.8 Å². The van der Waals surface area contributed by atoms with Gasteiger partial charge < -0.3 is 37.5 Å². The number of primary amides is 2. The van der Waals surface area contributed by atoms with Crippen molar-refractivity contribution in [3.8, 4) is 5.75 Å². The first-order chi connectivity index (χ1) is 17.5. The first kappa shape index (κ1) is 28.6. The summed E-state index contributed by atoms with van der Waals surface area (Å²) >= 11 is 0. The van der Waals surface area contributed by atoms with Crippen LogP contribution in [0.1, 0.15) is 36.5 Å². The molecule has 0 spiro atoms. The molecule has 4 amide bonds. The minimum atomic E-state index is -0.891. The van der Waals surface area contributed by atoms with E-state index in [0.29, 0.717) is 24.3 Å². The number of hydrogen-bond acceptors (Lipinski definition) is 6. The van der Waals surface area contributed by atoms with Crippen molar-refractivity contribution in [1.82, 2.24) is 15.5 Å². The van der Waals surface area contributed by atoms with Crippen LogP contribution in [0.3, 0.4) is 0 Å². The highest BCUT2D eigenvalue weighted by Gasteiger charge is 2.28. The fourth-order valence-electron chi connectivity index (χ4n) is 3.61. The van der Waals surface area contributed by atoms with Gasteiger partial charge in [-0.25, -0.2) is 4.79 Å². The summed E-state index contributed by atoms with van der Waals surface area (Å²) in [5, 5.41) is 12.4. The van der Waals surface area contributed by atoms with Crippen LogP contribution in [0.5, 0.6) is 5.75 Å². The molecule has 2 aromatic rings. The Labute approximate surface area is 215 Å². The van der Waals surface area contributed by atoms with Gasteiger partial charge in [-0.3, -0.25) is 19.8 Å². The van der Waals surface area contributed by atoms with Crippen LogP contribution in [0.4, 0.5) is 4.79 Å². The van der Waals surface area contributed by atoms with E-state index in [-0.39, 0.29) is 37.8 Å². The summed E-state index contributed by atoms with van der Waals surface area (Å²) in [4.78, 5) is 49.3. The molecule has 0 saturated heterocycles. The van der Waals surface area contributed by atoms with E-state index in [1.54, 1.807) is 48.5 Å². The highest BCUT2D eigenvalue weighted by molar-refractivity contribution is 5.87. The zero-order valence-corrected chi connectivity index (χ0v) is 20.7. The van der Waals surface area contributed by atoms with Crippen molar-refractivity contribution in [2.45, 2.75) is 45.3 Å². The number of carbonyl (C=O) groups excluding carboxylic acids is 4. The van der Waals surface area contributed by atoms with Gasteiger partial charge in [-0.05, 0) is 41.7 Å². The van der Waals surface area contributed by atoms with Crippen molar-refractivity contribution in [3.05, 3.63) is 65.2 Å². The van der Waals surface area contributed by atoms with Crippen LogP contribution in [0.25, 0.3) is 0 Å². The van der Waals surface area contributed by atoms with E-state index in [1.807, 2.05) is 0 Å². The molecule has 0 aliphatic carbocycles. The minimum Gasteiger partial charge on any atom is -0.427 e. The predicted molar refractivity (Wildman–Crippen MR) is 137 cm³/mol. The largest absolute Gasteiger partial charge is 0.427 e. The molecule has 0 bridgehead atoms. The number of amides is 4. The molecule has 0 aliphatic heterocycles. The molecule has 0 aliphatic rings. The molecule has 198 valence electrons. The smallest absolute Gasteiger partial charge is 0.312 e. The van der Waals surface area contributed by atoms with E-state index in [0.717, 1.165) is 11.1 Å². The highest BCUT2D eigenvalue weighted by Crippen LogP contribution is 2.18. The Bertz CT molecular complexity index is 1100. The van der Waals surface area contributed by atoms with Crippen molar-refractivity contribution in [2.24, 2.45) is 17.2 Å². The first-order valence-electron chi connectivity index (χ1n) is 11.6.